The van der Waals surface area contributed by atoms with E-state index in [0.29, 0.717) is 11.7 Å². The molecule has 1 aliphatic heterocycles. The quantitative estimate of drug-likeness (QED) is 0.677. The second-order valence-electron chi connectivity index (χ2n) is 4.66. The number of ether oxygens (including phenoxy) is 1. The van der Waals surface area contributed by atoms with Gasteiger partial charge in [-0.2, -0.15) is 11.8 Å². The molecule has 4 nitrogen and oxygen atoms in total. The van der Waals surface area contributed by atoms with Gasteiger partial charge in [-0.05, 0) is 25.1 Å². The monoisotopic (exact) mass is 260 g/mol. The Morgan fingerprint density at radius 2 is 2.35 bits per heavy atom. The van der Waals surface area contributed by atoms with Gasteiger partial charge in [-0.15, -0.1) is 0 Å². The molecule has 17 heavy (non-hydrogen) atoms. The summed E-state index contributed by atoms with van der Waals surface area (Å²) in [5.74, 6) is 1.46. The highest BCUT2D eigenvalue weighted by Crippen LogP contribution is 2.16. The molecule has 0 aromatic heterocycles. The zero-order valence-electron chi connectivity index (χ0n) is 11.1. The van der Waals surface area contributed by atoms with Gasteiger partial charge in [0.2, 0.25) is 5.91 Å². The van der Waals surface area contributed by atoms with Gasteiger partial charge in [0, 0.05) is 33.8 Å². The Hall–Kier alpha value is -0.260. The van der Waals surface area contributed by atoms with Crippen LogP contribution in [0.25, 0.3) is 0 Å². The van der Waals surface area contributed by atoms with Crippen LogP contribution in [0.3, 0.4) is 0 Å². The first kappa shape index (κ1) is 14.8. The Labute approximate surface area is 109 Å². The highest BCUT2D eigenvalue weighted by Gasteiger charge is 2.24. The van der Waals surface area contributed by atoms with Crippen molar-refractivity contribution >= 4 is 17.7 Å². The predicted molar refractivity (Wildman–Crippen MR) is 72.4 cm³/mol. The van der Waals surface area contributed by atoms with Gasteiger partial charge in [-0.1, -0.05) is 0 Å². The lowest BCUT2D eigenvalue weighted by molar-refractivity contribution is -0.127. The minimum atomic E-state index is 0.243. The van der Waals surface area contributed by atoms with Crippen molar-refractivity contribution in [3.8, 4) is 0 Å². The molecule has 0 aromatic carbocycles. The highest BCUT2D eigenvalue weighted by atomic mass is 32.2. The van der Waals surface area contributed by atoms with Gasteiger partial charge in [0.05, 0.1) is 12.4 Å². The minimum absolute atomic E-state index is 0.243. The summed E-state index contributed by atoms with van der Waals surface area (Å²) in [6.07, 6.45) is 3.16. The van der Waals surface area contributed by atoms with Crippen LogP contribution >= 0.6 is 11.8 Å². The number of hydrogen-bond donors (Lipinski definition) is 0. The lowest BCUT2D eigenvalue weighted by Crippen LogP contribution is -2.34. The van der Waals surface area contributed by atoms with E-state index in [1.165, 1.54) is 6.42 Å². The fourth-order valence-corrected chi connectivity index (χ4v) is 2.68. The van der Waals surface area contributed by atoms with Crippen LogP contribution in [0.2, 0.25) is 0 Å². The fourth-order valence-electron chi connectivity index (χ4n) is 2.21. The Balaban J connectivity index is 2.22. The van der Waals surface area contributed by atoms with Gasteiger partial charge in [-0.25, -0.2) is 0 Å². The SMILES string of the molecule is COCCN1CCC(CN(C)C(=O)CSC)C1. The number of nitrogens with zero attached hydrogens (tertiary/aromatic N) is 2. The van der Waals surface area contributed by atoms with E-state index < -0.39 is 0 Å². The summed E-state index contributed by atoms with van der Waals surface area (Å²) >= 11 is 1.59. The van der Waals surface area contributed by atoms with Crippen LogP contribution in [0.4, 0.5) is 0 Å². The Morgan fingerprint density at radius 1 is 1.59 bits per heavy atom. The van der Waals surface area contributed by atoms with Crippen molar-refractivity contribution in [3.05, 3.63) is 0 Å². The number of hydrogen-bond acceptors (Lipinski definition) is 4. The summed E-state index contributed by atoms with van der Waals surface area (Å²) < 4.78 is 5.08. The summed E-state index contributed by atoms with van der Waals surface area (Å²) in [5.41, 5.74) is 0. The van der Waals surface area contributed by atoms with Gasteiger partial charge >= 0.3 is 0 Å². The zero-order valence-corrected chi connectivity index (χ0v) is 12.0. The Morgan fingerprint density at radius 3 is 3.00 bits per heavy atom. The molecule has 1 atom stereocenters. The molecule has 1 amide bonds. The number of carbonyl (C=O) groups is 1. The van der Waals surface area contributed by atoms with Crippen LogP contribution in [0, 0.1) is 5.92 Å². The maximum Gasteiger partial charge on any atom is 0.232 e. The first-order valence-electron chi connectivity index (χ1n) is 6.11. The van der Waals surface area contributed by atoms with Crippen LogP contribution in [-0.2, 0) is 9.53 Å². The summed E-state index contributed by atoms with van der Waals surface area (Å²) in [6, 6.07) is 0. The van der Waals surface area contributed by atoms with Crippen LogP contribution < -0.4 is 0 Å². The van der Waals surface area contributed by atoms with Crippen LogP contribution in [0.15, 0.2) is 0 Å². The predicted octanol–water partition coefficient (Wildman–Crippen LogP) is 0.776. The van der Waals surface area contributed by atoms with Crippen LogP contribution in [0.1, 0.15) is 6.42 Å². The van der Waals surface area contributed by atoms with Crippen LogP contribution in [-0.4, -0.2) is 74.7 Å². The second-order valence-corrected chi connectivity index (χ2v) is 5.52. The third-order valence-electron chi connectivity index (χ3n) is 3.21. The van der Waals surface area contributed by atoms with Gasteiger partial charge < -0.3 is 14.5 Å². The van der Waals surface area contributed by atoms with E-state index in [4.69, 9.17) is 4.74 Å². The zero-order chi connectivity index (χ0) is 12.7. The summed E-state index contributed by atoms with van der Waals surface area (Å²) in [6.45, 7) is 4.94. The molecule has 0 bridgehead atoms. The van der Waals surface area contributed by atoms with Gasteiger partial charge in [0.1, 0.15) is 0 Å². The van der Waals surface area contributed by atoms with Crippen molar-refractivity contribution in [2.45, 2.75) is 6.42 Å². The number of likely N-dealkylation sites (tertiary alicyclic amines) is 1. The molecular formula is C12H24N2O2S. The third-order valence-corrected chi connectivity index (χ3v) is 3.74. The van der Waals surface area contributed by atoms with Crippen molar-refractivity contribution in [2.24, 2.45) is 5.92 Å². The third kappa shape index (κ3) is 5.27. The molecular weight excluding hydrogens is 236 g/mol. The van der Waals surface area contributed by atoms with Crippen molar-refractivity contribution in [2.75, 3.05) is 59.0 Å². The molecule has 1 rings (SSSR count). The van der Waals surface area contributed by atoms with Gasteiger partial charge in [0.15, 0.2) is 0 Å². The molecule has 0 aliphatic carbocycles. The second kappa shape index (κ2) is 7.95. The number of amides is 1. The van der Waals surface area contributed by atoms with E-state index in [1.54, 1.807) is 18.9 Å². The van der Waals surface area contributed by atoms with Gasteiger partial charge in [0.25, 0.3) is 0 Å². The average molecular weight is 260 g/mol. The molecule has 5 heteroatoms. The van der Waals surface area contributed by atoms with E-state index in [2.05, 4.69) is 4.90 Å². The first-order valence-corrected chi connectivity index (χ1v) is 7.51. The molecule has 1 unspecified atom stereocenters. The van der Waals surface area contributed by atoms with Crippen molar-refractivity contribution < 1.29 is 9.53 Å². The lowest BCUT2D eigenvalue weighted by atomic mass is 10.1. The normalized spacial score (nSPS) is 20.8. The molecule has 0 aromatic rings. The number of rotatable bonds is 7. The van der Waals surface area contributed by atoms with E-state index in [0.717, 1.165) is 32.8 Å². The molecule has 0 saturated carbocycles. The molecule has 1 saturated heterocycles. The maximum atomic E-state index is 11.7. The summed E-state index contributed by atoms with van der Waals surface area (Å²) in [7, 11) is 3.65. The van der Waals surface area contributed by atoms with E-state index >= 15 is 0 Å². The lowest BCUT2D eigenvalue weighted by Gasteiger charge is -2.21. The average Bonchev–Trinajstić information content (AvgIpc) is 2.74. The number of thioether (sulfide) groups is 1. The summed E-state index contributed by atoms with van der Waals surface area (Å²) in [4.78, 5) is 15.9. The summed E-state index contributed by atoms with van der Waals surface area (Å²) in [5, 5.41) is 0. The van der Waals surface area contributed by atoms with Crippen LogP contribution in [0.5, 0.6) is 0 Å². The van der Waals surface area contributed by atoms with Gasteiger partial charge in [-0.3, -0.25) is 4.79 Å². The molecule has 1 heterocycles. The largest absolute Gasteiger partial charge is 0.383 e. The standard InChI is InChI=1S/C12H24N2O2S/c1-13(12(15)10-17-3)8-11-4-5-14(9-11)6-7-16-2/h11H,4-10H2,1-3H3. The van der Waals surface area contributed by atoms with Crippen molar-refractivity contribution in [3.63, 3.8) is 0 Å². The Bertz CT molecular complexity index is 239. The van der Waals surface area contributed by atoms with E-state index in [-0.39, 0.29) is 5.91 Å². The van der Waals surface area contributed by atoms with Crippen molar-refractivity contribution in [1.29, 1.82) is 0 Å². The topological polar surface area (TPSA) is 32.8 Å². The van der Waals surface area contributed by atoms with E-state index in [1.807, 2.05) is 18.2 Å². The highest BCUT2D eigenvalue weighted by molar-refractivity contribution is 7.99. The Kier molecular flexibility index (Phi) is 6.92. The molecule has 100 valence electrons. The number of methoxy groups -OCH3 is 1. The number of carbonyl (C=O) groups excluding carboxylic acids is 1. The molecule has 0 N–H and O–H groups in total. The smallest absolute Gasteiger partial charge is 0.232 e. The van der Waals surface area contributed by atoms with Crippen molar-refractivity contribution in [1.82, 2.24) is 9.80 Å². The first-order chi connectivity index (χ1) is 8.17. The fraction of sp³-hybridized carbons (Fsp3) is 0.917. The maximum absolute atomic E-state index is 11.7. The van der Waals surface area contributed by atoms with E-state index in [9.17, 15) is 4.79 Å². The molecule has 0 spiro atoms. The molecule has 1 fully saturated rings. The molecule has 0 radical (unpaired) electrons. The molecule has 1 aliphatic rings. The minimum Gasteiger partial charge on any atom is -0.383 e.